The molecule has 0 fully saturated rings. The van der Waals surface area contributed by atoms with Gasteiger partial charge in [0.1, 0.15) is 0 Å². The van der Waals surface area contributed by atoms with Gasteiger partial charge in [0.05, 0.1) is 66.1 Å². The van der Waals surface area contributed by atoms with Crippen LogP contribution < -0.4 is 0 Å². The summed E-state index contributed by atoms with van der Waals surface area (Å²) in [6, 6.07) is 0. The number of rotatable bonds is 13. The molecule has 31 heavy (non-hydrogen) atoms. The number of ether oxygens (including phenoxy) is 2. The Morgan fingerprint density at radius 2 is 0.774 bits per heavy atom. The molecular formula is C16H42O13P2. The Morgan fingerprint density at radius 3 is 0.871 bits per heavy atom. The Bertz CT molecular complexity index is 293. The van der Waals surface area contributed by atoms with E-state index in [1.54, 1.807) is 27.7 Å². The molecule has 13 nitrogen and oxygen atoms in total. The molecule has 0 saturated carbocycles. The summed E-state index contributed by atoms with van der Waals surface area (Å²) in [6.07, 6.45) is 0. The fourth-order valence-corrected chi connectivity index (χ4v) is 1.14. The van der Waals surface area contributed by atoms with Crippen molar-refractivity contribution in [2.75, 3.05) is 66.1 Å². The topological polar surface area (TPSA) is 230 Å². The van der Waals surface area contributed by atoms with Crippen molar-refractivity contribution in [3.05, 3.63) is 0 Å². The first-order valence-electron chi connectivity index (χ1n) is 9.13. The second-order valence-corrected chi connectivity index (χ2v) is 8.88. The van der Waals surface area contributed by atoms with E-state index in [0.717, 1.165) is 0 Å². The predicted molar refractivity (Wildman–Crippen MR) is 116 cm³/mol. The Kier molecular flexibility index (Phi) is 33.1. The van der Waals surface area contributed by atoms with Gasteiger partial charge in [-0.2, -0.15) is 0 Å². The van der Waals surface area contributed by atoms with Crippen LogP contribution in [-0.4, -0.2) is 116 Å². The number of aliphatic hydroxyl groups excluding tert-OH is 6. The van der Waals surface area contributed by atoms with Crippen LogP contribution in [0.3, 0.4) is 0 Å². The van der Waals surface area contributed by atoms with Crippen molar-refractivity contribution < 1.29 is 64.0 Å². The largest absolute Gasteiger partial charge is 0.396 e. The summed E-state index contributed by atoms with van der Waals surface area (Å²) in [5, 5.41) is 50.3. The fourth-order valence-electron chi connectivity index (χ4n) is 0.616. The molecule has 0 unspecified atom stereocenters. The molecule has 0 aromatic carbocycles. The van der Waals surface area contributed by atoms with Crippen molar-refractivity contribution in [1.82, 2.24) is 0 Å². The maximum Gasteiger partial charge on any atom is 0.334 e. The lowest BCUT2D eigenvalue weighted by Crippen LogP contribution is -2.20. The van der Waals surface area contributed by atoms with Crippen LogP contribution in [0, 0.1) is 10.8 Å². The summed E-state index contributed by atoms with van der Waals surface area (Å²) in [7, 11) is -5.22. The standard InChI is InChI=1S/C6H14O4.2C5H12O2.H4O5P2/c7-1-3-9-5-6-10-4-2-8;2*1-5(2,3-6)4-7;1-6(2)5-7(3)4/h7-8H,1-6H2;2*6-7H,3-4H2,1-2H3;1-4H. The molecule has 0 aromatic rings. The second kappa shape index (κ2) is 26.6. The highest BCUT2D eigenvalue weighted by molar-refractivity contribution is 7.53. The van der Waals surface area contributed by atoms with E-state index < -0.39 is 17.2 Å². The predicted octanol–water partition coefficient (Wildman–Crippen LogP) is -1.58. The van der Waals surface area contributed by atoms with Gasteiger partial charge in [0.2, 0.25) is 0 Å². The summed E-state index contributed by atoms with van der Waals surface area (Å²) >= 11 is 0. The molecule has 0 rings (SSSR count). The van der Waals surface area contributed by atoms with E-state index in [4.69, 9.17) is 59.7 Å². The fraction of sp³-hybridized carbons (Fsp3) is 1.00. The first-order valence-corrected chi connectivity index (χ1v) is 11.5. The van der Waals surface area contributed by atoms with Crippen LogP contribution in [0.4, 0.5) is 0 Å². The Balaban J connectivity index is -0.000000159. The lowest BCUT2D eigenvalue weighted by molar-refractivity contribution is 0.0222. The van der Waals surface area contributed by atoms with E-state index in [1.807, 2.05) is 0 Å². The maximum absolute atomic E-state index is 8.43. The molecule has 0 bridgehead atoms. The van der Waals surface area contributed by atoms with Gasteiger partial charge < -0.3 is 59.7 Å². The van der Waals surface area contributed by atoms with Gasteiger partial charge >= 0.3 is 17.2 Å². The van der Waals surface area contributed by atoms with E-state index in [1.165, 1.54) is 0 Å². The third-order valence-corrected chi connectivity index (χ3v) is 3.87. The molecule has 0 aliphatic heterocycles. The van der Waals surface area contributed by atoms with Gasteiger partial charge in [0.25, 0.3) is 0 Å². The monoisotopic (exact) mass is 504 g/mol. The number of aliphatic hydroxyl groups is 6. The molecule has 10 N–H and O–H groups in total. The molecule has 0 spiro atoms. The highest BCUT2D eigenvalue weighted by Crippen LogP contribution is 2.41. The number of hydrogen-bond acceptors (Lipinski definition) is 13. The van der Waals surface area contributed by atoms with Crippen LogP contribution in [0.15, 0.2) is 0 Å². The Morgan fingerprint density at radius 1 is 0.516 bits per heavy atom. The van der Waals surface area contributed by atoms with Crippen LogP contribution in [0.2, 0.25) is 0 Å². The Labute approximate surface area is 186 Å². The van der Waals surface area contributed by atoms with Crippen LogP contribution in [-0.2, 0) is 13.8 Å². The van der Waals surface area contributed by atoms with Gasteiger partial charge in [0.15, 0.2) is 0 Å². The van der Waals surface area contributed by atoms with Crippen molar-refractivity contribution in [3.63, 3.8) is 0 Å². The minimum absolute atomic E-state index is 0.0417. The van der Waals surface area contributed by atoms with Gasteiger partial charge in [-0.25, -0.2) is 4.31 Å². The summed E-state index contributed by atoms with van der Waals surface area (Å²) in [5.41, 5.74) is -0.611. The van der Waals surface area contributed by atoms with Crippen molar-refractivity contribution in [2.45, 2.75) is 27.7 Å². The minimum atomic E-state index is -2.61. The normalized spacial score (nSPS) is 11.2. The zero-order chi connectivity index (χ0) is 25.3. The molecule has 0 aliphatic carbocycles. The average Bonchev–Trinajstić information content (AvgIpc) is 2.71. The van der Waals surface area contributed by atoms with Crippen molar-refractivity contribution in [1.29, 1.82) is 0 Å². The molecule has 194 valence electrons. The molecule has 0 aliphatic rings. The highest BCUT2D eigenvalue weighted by atomic mass is 31.2. The minimum Gasteiger partial charge on any atom is -0.396 e. The third kappa shape index (κ3) is 44.7. The van der Waals surface area contributed by atoms with E-state index >= 15 is 0 Å². The quantitative estimate of drug-likeness (QED) is 0.101. The molecule has 0 saturated heterocycles. The van der Waals surface area contributed by atoms with E-state index in [-0.39, 0.29) is 50.5 Å². The van der Waals surface area contributed by atoms with Gasteiger partial charge in [-0.3, -0.25) is 0 Å². The third-order valence-electron chi connectivity index (χ3n) is 2.70. The molecule has 0 aromatic heterocycles. The summed E-state index contributed by atoms with van der Waals surface area (Å²) in [4.78, 5) is 31.3. The first kappa shape index (κ1) is 38.6. The molecule has 0 atom stereocenters. The smallest absolute Gasteiger partial charge is 0.334 e. The molecule has 0 radical (unpaired) electrons. The SMILES string of the molecule is CC(C)(CO)CO.CC(C)(CO)CO.OCCOCCOCCO.OP(O)OP(O)O. The summed E-state index contributed by atoms with van der Waals surface area (Å²) < 4.78 is 13.3. The van der Waals surface area contributed by atoms with Crippen molar-refractivity contribution in [3.8, 4) is 0 Å². The van der Waals surface area contributed by atoms with Crippen LogP contribution >= 0.6 is 17.2 Å². The molecule has 0 heterocycles. The second-order valence-electron chi connectivity index (χ2n) is 7.22. The lowest BCUT2D eigenvalue weighted by Gasteiger charge is -2.16. The number of hydrogen-bond donors (Lipinski definition) is 10. The zero-order valence-electron chi connectivity index (χ0n) is 18.7. The van der Waals surface area contributed by atoms with Crippen molar-refractivity contribution in [2.24, 2.45) is 10.8 Å². The average molecular weight is 504 g/mol. The van der Waals surface area contributed by atoms with Gasteiger partial charge in [-0.15, -0.1) is 0 Å². The molecule has 0 amide bonds. The van der Waals surface area contributed by atoms with Crippen molar-refractivity contribution >= 4 is 17.2 Å². The van der Waals surface area contributed by atoms with Gasteiger partial charge in [-0.1, -0.05) is 27.7 Å². The van der Waals surface area contributed by atoms with Crippen LogP contribution in [0.25, 0.3) is 0 Å². The summed E-state index contributed by atoms with van der Waals surface area (Å²) in [6.45, 7) is 9.10. The van der Waals surface area contributed by atoms with Gasteiger partial charge in [-0.05, 0) is 0 Å². The Hall–Kier alpha value is 0.340. The van der Waals surface area contributed by atoms with E-state index in [0.29, 0.717) is 26.4 Å². The maximum atomic E-state index is 8.43. The summed E-state index contributed by atoms with van der Waals surface area (Å²) in [5.74, 6) is 0. The first-order chi connectivity index (χ1) is 14.3. The zero-order valence-corrected chi connectivity index (χ0v) is 20.5. The van der Waals surface area contributed by atoms with E-state index in [9.17, 15) is 0 Å². The van der Waals surface area contributed by atoms with E-state index in [2.05, 4.69) is 4.31 Å². The van der Waals surface area contributed by atoms with Crippen LogP contribution in [0.5, 0.6) is 0 Å². The highest BCUT2D eigenvalue weighted by Gasteiger charge is 2.13. The van der Waals surface area contributed by atoms with Crippen LogP contribution in [0.1, 0.15) is 27.7 Å². The molecule has 15 heteroatoms. The van der Waals surface area contributed by atoms with Gasteiger partial charge in [0, 0.05) is 10.8 Å². The molecular weight excluding hydrogens is 462 g/mol. The lowest BCUT2D eigenvalue weighted by atomic mass is 9.97.